The van der Waals surface area contributed by atoms with Gasteiger partial charge < -0.3 is 15.4 Å². The third kappa shape index (κ3) is 8.02. The normalized spacial score (nSPS) is 12.5. The Hall–Kier alpha value is -2.75. The Labute approximate surface area is 167 Å². The van der Waals surface area contributed by atoms with Crippen molar-refractivity contribution in [3.05, 3.63) is 60.2 Å². The predicted molar refractivity (Wildman–Crippen MR) is 105 cm³/mol. The zero-order valence-electron chi connectivity index (χ0n) is 15.7. The summed E-state index contributed by atoms with van der Waals surface area (Å²) in [5.41, 5.74) is 0.796. The van der Waals surface area contributed by atoms with Gasteiger partial charge in [-0.15, -0.1) is 0 Å². The highest BCUT2D eigenvalue weighted by Crippen LogP contribution is 2.18. The van der Waals surface area contributed by atoms with E-state index in [1.807, 2.05) is 0 Å². The Morgan fingerprint density at radius 3 is 2.28 bits per heavy atom. The summed E-state index contributed by atoms with van der Waals surface area (Å²) in [5, 5.41) is 5.93. The molecule has 0 atom stereocenters. The van der Waals surface area contributed by atoms with Gasteiger partial charge in [-0.2, -0.15) is 13.2 Å². The molecule has 0 amide bonds. The molecule has 0 aliphatic rings. The van der Waals surface area contributed by atoms with Crippen LogP contribution in [0.1, 0.15) is 5.56 Å². The van der Waals surface area contributed by atoms with Gasteiger partial charge in [-0.05, 0) is 29.8 Å². The lowest BCUT2D eigenvalue weighted by Gasteiger charge is -2.13. The van der Waals surface area contributed by atoms with Crippen LogP contribution < -0.4 is 15.4 Å². The maximum Gasteiger partial charge on any atom is 0.422 e. The minimum atomic E-state index is -4.38. The molecule has 0 saturated carbocycles. The number of guanidine groups is 1. The van der Waals surface area contributed by atoms with Crippen molar-refractivity contribution in [3.63, 3.8) is 0 Å². The van der Waals surface area contributed by atoms with Crippen LogP contribution in [0.25, 0.3) is 0 Å². The van der Waals surface area contributed by atoms with Crippen LogP contribution in [0.15, 0.2) is 64.5 Å². The predicted octanol–water partition coefficient (Wildman–Crippen LogP) is 2.77. The van der Waals surface area contributed by atoms with Crippen molar-refractivity contribution in [1.82, 2.24) is 10.6 Å². The van der Waals surface area contributed by atoms with Crippen LogP contribution in [-0.2, 0) is 16.4 Å². The molecule has 0 heterocycles. The number of nitrogens with one attached hydrogen (secondary N) is 2. The van der Waals surface area contributed by atoms with Crippen molar-refractivity contribution in [3.8, 4) is 5.75 Å². The fourth-order valence-corrected chi connectivity index (χ4v) is 3.50. The molecule has 0 aliphatic heterocycles. The number of hydrogen-bond acceptors (Lipinski definition) is 4. The number of sulfone groups is 1. The van der Waals surface area contributed by atoms with E-state index in [0.717, 1.165) is 5.56 Å². The number of aliphatic imine (C=N–C) groups is 1. The topological polar surface area (TPSA) is 79.8 Å². The fraction of sp³-hybridized carbons (Fsp3) is 0.316. The number of benzene rings is 2. The first-order chi connectivity index (χ1) is 13.7. The van der Waals surface area contributed by atoms with Crippen LogP contribution in [0.3, 0.4) is 0 Å². The van der Waals surface area contributed by atoms with E-state index < -0.39 is 22.6 Å². The number of alkyl halides is 3. The van der Waals surface area contributed by atoms with Crippen molar-refractivity contribution in [2.24, 2.45) is 4.99 Å². The molecule has 2 aromatic carbocycles. The third-order valence-electron chi connectivity index (χ3n) is 3.77. The second-order valence-corrected chi connectivity index (χ2v) is 8.14. The van der Waals surface area contributed by atoms with Crippen molar-refractivity contribution in [2.45, 2.75) is 17.6 Å². The maximum atomic E-state index is 12.2. The summed E-state index contributed by atoms with van der Waals surface area (Å²) >= 11 is 0. The molecule has 158 valence electrons. The van der Waals surface area contributed by atoms with Crippen LogP contribution in [0, 0.1) is 0 Å². The van der Waals surface area contributed by atoms with Gasteiger partial charge in [0, 0.05) is 20.1 Å². The summed E-state index contributed by atoms with van der Waals surface area (Å²) in [4.78, 5) is 4.28. The Balaban J connectivity index is 1.79. The first kappa shape index (κ1) is 22.5. The molecule has 0 aliphatic carbocycles. The van der Waals surface area contributed by atoms with Gasteiger partial charge in [0.15, 0.2) is 22.4 Å². The zero-order valence-corrected chi connectivity index (χ0v) is 16.6. The molecule has 0 fully saturated rings. The molecule has 0 unspecified atom stereocenters. The van der Waals surface area contributed by atoms with Gasteiger partial charge in [0.1, 0.15) is 5.75 Å². The van der Waals surface area contributed by atoms with E-state index in [4.69, 9.17) is 0 Å². The number of rotatable bonds is 8. The SMILES string of the molecule is CN=C(NCCS(=O)(=O)c1ccccc1)NCc1ccc(OCC(F)(F)F)cc1. The first-order valence-corrected chi connectivity index (χ1v) is 10.4. The summed E-state index contributed by atoms with van der Waals surface area (Å²) in [6.45, 7) is -0.821. The molecule has 10 heteroatoms. The van der Waals surface area contributed by atoms with Crippen LogP contribution >= 0.6 is 0 Å². The number of ether oxygens (including phenoxy) is 1. The molecule has 2 rings (SSSR count). The van der Waals surface area contributed by atoms with Crippen LogP contribution in [0.4, 0.5) is 13.2 Å². The largest absolute Gasteiger partial charge is 0.484 e. The highest BCUT2D eigenvalue weighted by atomic mass is 32.2. The van der Waals surface area contributed by atoms with Crippen LogP contribution in [-0.4, -0.2) is 46.5 Å². The molecule has 0 radical (unpaired) electrons. The fourth-order valence-electron chi connectivity index (χ4n) is 2.32. The van der Waals surface area contributed by atoms with E-state index in [0.29, 0.717) is 12.5 Å². The Kier molecular flexibility index (Phi) is 7.89. The molecular formula is C19H22F3N3O3S. The summed E-state index contributed by atoms with van der Waals surface area (Å²) in [5.74, 6) is 0.438. The van der Waals surface area contributed by atoms with E-state index >= 15 is 0 Å². The lowest BCUT2D eigenvalue weighted by molar-refractivity contribution is -0.153. The van der Waals surface area contributed by atoms with Crippen LogP contribution in [0.5, 0.6) is 5.75 Å². The van der Waals surface area contributed by atoms with Gasteiger partial charge in [0.25, 0.3) is 0 Å². The molecular weight excluding hydrogens is 407 g/mol. The Morgan fingerprint density at radius 1 is 1.03 bits per heavy atom. The standard InChI is InChI=1S/C19H22F3N3O3S/c1-23-18(24-11-12-29(26,27)17-5-3-2-4-6-17)25-13-15-7-9-16(10-8-15)28-14-19(20,21)22/h2-10H,11-14H2,1H3,(H2,23,24,25). The average molecular weight is 429 g/mol. The molecule has 0 aromatic heterocycles. The Bertz CT molecular complexity index is 900. The van der Waals surface area contributed by atoms with Gasteiger partial charge in [0.2, 0.25) is 0 Å². The number of hydrogen-bond donors (Lipinski definition) is 2. The summed E-state index contributed by atoms with van der Waals surface area (Å²) in [6, 6.07) is 14.3. The van der Waals surface area contributed by atoms with E-state index in [2.05, 4.69) is 20.4 Å². The smallest absolute Gasteiger partial charge is 0.422 e. The lowest BCUT2D eigenvalue weighted by Crippen LogP contribution is -2.39. The minimum Gasteiger partial charge on any atom is -0.484 e. The molecule has 2 N–H and O–H groups in total. The van der Waals surface area contributed by atoms with Crippen LogP contribution in [0.2, 0.25) is 0 Å². The minimum absolute atomic E-state index is 0.0943. The van der Waals surface area contributed by atoms with Gasteiger partial charge in [-0.3, -0.25) is 4.99 Å². The Morgan fingerprint density at radius 2 is 1.69 bits per heavy atom. The van der Waals surface area contributed by atoms with E-state index in [9.17, 15) is 21.6 Å². The summed E-state index contributed by atoms with van der Waals surface area (Å²) in [7, 11) is -1.84. The summed E-state index contributed by atoms with van der Waals surface area (Å²) < 4.78 is 65.6. The number of nitrogens with zero attached hydrogens (tertiary/aromatic N) is 1. The lowest BCUT2D eigenvalue weighted by atomic mass is 10.2. The van der Waals surface area contributed by atoms with E-state index in [-0.39, 0.29) is 22.9 Å². The van der Waals surface area contributed by atoms with Crippen molar-refractivity contribution in [1.29, 1.82) is 0 Å². The van der Waals surface area contributed by atoms with E-state index in [1.54, 1.807) is 49.5 Å². The molecule has 0 spiro atoms. The zero-order chi connectivity index (χ0) is 21.3. The summed E-state index contributed by atoms with van der Waals surface area (Å²) in [6.07, 6.45) is -4.38. The van der Waals surface area contributed by atoms with E-state index in [1.165, 1.54) is 12.1 Å². The maximum absolute atomic E-state index is 12.2. The van der Waals surface area contributed by atoms with Gasteiger partial charge >= 0.3 is 6.18 Å². The van der Waals surface area contributed by atoms with Crippen molar-refractivity contribution >= 4 is 15.8 Å². The van der Waals surface area contributed by atoms with Gasteiger partial charge in [0.05, 0.1) is 10.6 Å². The highest BCUT2D eigenvalue weighted by molar-refractivity contribution is 7.91. The molecule has 0 bridgehead atoms. The highest BCUT2D eigenvalue weighted by Gasteiger charge is 2.28. The second kappa shape index (κ2) is 10.1. The monoisotopic (exact) mass is 429 g/mol. The quantitative estimate of drug-likeness (QED) is 0.498. The molecule has 0 saturated heterocycles. The van der Waals surface area contributed by atoms with Gasteiger partial charge in [-0.25, -0.2) is 8.42 Å². The van der Waals surface area contributed by atoms with Gasteiger partial charge in [-0.1, -0.05) is 30.3 Å². The molecule has 2 aromatic rings. The third-order valence-corrected chi connectivity index (χ3v) is 5.51. The number of halogens is 3. The van der Waals surface area contributed by atoms with Crippen molar-refractivity contribution in [2.75, 3.05) is 26.0 Å². The first-order valence-electron chi connectivity index (χ1n) is 8.70. The average Bonchev–Trinajstić information content (AvgIpc) is 2.70. The molecule has 6 nitrogen and oxygen atoms in total. The van der Waals surface area contributed by atoms with Crippen molar-refractivity contribution < 1.29 is 26.3 Å². The second-order valence-electron chi connectivity index (χ2n) is 6.03. The molecule has 29 heavy (non-hydrogen) atoms.